The van der Waals surface area contributed by atoms with E-state index in [0.717, 1.165) is 30.0 Å². The fourth-order valence-electron chi connectivity index (χ4n) is 3.41. The van der Waals surface area contributed by atoms with Gasteiger partial charge in [0.1, 0.15) is 0 Å². The minimum Gasteiger partial charge on any atom is -0.383 e. The van der Waals surface area contributed by atoms with Crippen molar-refractivity contribution in [1.29, 1.82) is 0 Å². The maximum atomic E-state index is 11.8. The molecule has 2 N–H and O–H groups in total. The highest BCUT2D eigenvalue weighted by Crippen LogP contribution is 2.30. The van der Waals surface area contributed by atoms with Crippen molar-refractivity contribution >= 4 is 11.6 Å². The van der Waals surface area contributed by atoms with Crippen molar-refractivity contribution in [2.24, 2.45) is 5.73 Å². The number of methoxy groups -OCH3 is 1. The molecule has 1 heterocycles. The summed E-state index contributed by atoms with van der Waals surface area (Å²) >= 11 is 0. The molecule has 1 aromatic carbocycles. The monoisotopic (exact) mass is 343 g/mol. The van der Waals surface area contributed by atoms with Crippen molar-refractivity contribution in [3.8, 4) is 11.3 Å². The standard InChI is InChI=1S/C20H29N3O2/c1-6-22(7-2)17-10-8-16(9-11-17)19-12-18(20(21)24)15(4)23(19)14(3)13-25-5/h8-12,14H,6-7,13H2,1-5H3,(H2,21,24). The molecule has 0 aliphatic heterocycles. The molecule has 0 spiro atoms. The number of primary amides is 1. The average Bonchev–Trinajstić information content (AvgIpc) is 2.94. The van der Waals surface area contributed by atoms with Crippen LogP contribution in [0.5, 0.6) is 0 Å². The van der Waals surface area contributed by atoms with E-state index in [4.69, 9.17) is 10.5 Å². The third kappa shape index (κ3) is 3.87. The Morgan fingerprint density at radius 3 is 2.32 bits per heavy atom. The van der Waals surface area contributed by atoms with Crippen LogP contribution in [0.3, 0.4) is 0 Å². The van der Waals surface area contributed by atoms with Crippen LogP contribution in [-0.4, -0.2) is 37.3 Å². The van der Waals surface area contributed by atoms with Crippen molar-refractivity contribution in [2.75, 3.05) is 31.7 Å². The molecule has 1 aromatic heterocycles. The first kappa shape index (κ1) is 19.1. The van der Waals surface area contributed by atoms with Crippen LogP contribution in [-0.2, 0) is 4.74 Å². The van der Waals surface area contributed by atoms with Crippen molar-refractivity contribution in [1.82, 2.24) is 4.57 Å². The van der Waals surface area contributed by atoms with Crippen molar-refractivity contribution < 1.29 is 9.53 Å². The van der Waals surface area contributed by atoms with Crippen LogP contribution in [0.15, 0.2) is 30.3 Å². The Labute approximate surface area is 150 Å². The first-order valence-electron chi connectivity index (χ1n) is 8.80. The Kier molecular flexibility index (Phi) is 6.26. The first-order valence-corrected chi connectivity index (χ1v) is 8.80. The van der Waals surface area contributed by atoms with E-state index in [9.17, 15) is 4.79 Å². The highest BCUT2D eigenvalue weighted by molar-refractivity contribution is 5.95. The van der Waals surface area contributed by atoms with E-state index in [1.807, 2.05) is 13.0 Å². The fraction of sp³-hybridized carbons (Fsp3) is 0.450. The molecular formula is C20H29N3O2. The molecule has 1 amide bonds. The minimum atomic E-state index is -0.401. The summed E-state index contributed by atoms with van der Waals surface area (Å²) in [6.07, 6.45) is 0. The number of nitrogens with zero attached hydrogens (tertiary/aromatic N) is 2. The van der Waals surface area contributed by atoms with Crippen molar-refractivity contribution in [3.05, 3.63) is 41.6 Å². The van der Waals surface area contributed by atoms with E-state index in [1.165, 1.54) is 5.69 Å². The van der Waals surface area contributed by atoms with E-state index >= 15 is 0 Å². The average molecular weight is 343 g/mol. The number of ether oxygens (including phenoxy) is 1. The predicted octanol–water partition coefficient (Wildman–Crippen LogP) is 3.62. The number of hydrogen-bond donors (Lipinski definition) is 1. The molecule has 0 fully saturated rings. The van der Waals surface area contributed by atoms with E-state index in [0.29, 0.717) is 12.2 Å². The Balaban J connectivity index is 2.50. The van der Waals surface area contributed by atoms with Gasteiger partial charge in [0.15, 0.2) is 0 Å². The second-order valence-electron chi connectivity index (χ2n) is 6.29. The van der Waals surface area contributed by atoms with Crippen LogP contribution in [0.25, 0.3) is 11.3 Å². The molecule has 0 saturated heterocycles. The number of carbonyl (C=O) groups is 1. The number of rotatable bonds is 8. The molecule has 1 atom stereocenters. The van der Waals surface area contributed by atoms with Crippen LogP contribution in [0.1, 0.15) is 42.9 Å². The third-order valence-electron chi connectivity index (χ3n) is 4.70. The van der Waals surface area contributed by atoms with Crippen LogP contribution in [0, 0.1) is 6.92 Å². The zero-order chi connectivity index (χ0) is 18.6. The summed E-state index contributed by atoms with van der Waals surface area (Å²) in [5.41, 5.74) is 10.2. The summed E-state index contributed by atoms with van der Waals surface area (Å²) in [5, 5.41) is 0. The van der Waals surface area contributed by atoms with Crippen molar-refractivity contribution in [3.63, 3.8) is 0 Å². The number of hydrogen-bond acceptors (Lipinski definition) is 3. The lowest BCUT2D eigenvalue weighted by atomic mass is 10.1. The molecule has 5 nitrogen and oxygen atoms in total. The molecule has 5 heteroatoms. The lowest BCUT2D eigenvalue weighted by molar-refractivity contribution is 0.0999. The van der Waals surface area contributed by atoms with Gasteiger partial charge in [-0.3, -0.25) is 4.79 Å². The fourth-order valence-corrected chi connectivity index (χ4v) is 3.41. The Morgan fingerprint density at radius 1 is 1.24 bits per heavy atom. The molecular weight excluding hydrogens is 314 g/mol. The lowest BCUT2D eigenvalue weighted by Gasteiger charge is -2.22. The number of anilines is 1. The van der Waals surface area contributed by atoms with E-state index in [1.54, 1.807) is 7.11 Å². The van der Waals surface area contributed by atoms with Gasteiger partial charge in [-0.25, -0.2) is 0 Å². The topological polar surface area (TPSA) is 60.5 Å². The van der Waals surface area contributed by atoms with E-state index in [2.05, 4.69) is 54.5 Å². The quantitative estimate of drug-likeness (QED) is 0.796. The smallest absolute Gasteiger partial charge is 0.250 e. The van der Waals surface area contributed by atoms with Gasteiger partial charge in [0.25, 0.3) is 5.91 Å². The Bertz CT molecular complexity index is 715. The molecule has 2 rings (SSSR count). The molecule has 1 unspecified atom stereocenters. The summed E-state index contributed by atoms with van der Waals surface area (Å²) in [6, 6.07) is 10.4. The molecule has 0 radical (unpaired) electrons. The molecule has 0 aliphatic carbocycles. The minimum absolute atomic E-state index is 0.107. The second kappa shape index (κ2) is 8.21. The molecule has 0 saturated carbocycles. The zero-order valence-electron chi connectivity index (χ0n) is 15.9. The number of nitrogens with two attached hydrogens (primary N) is 1. The highest BCUT2D eigenvalue weighted by Gasteiger charge is 2.20. The van der Waals surface area contributed by atoms with Gasteiger partial charge in [0, 0.05) is 37.3 Å². The van der Waals surface area contributed by atoms with Gasteiger partial charge < -0.3 is 19.9 Å². The lowest BCUT2D eigenvalue weighted by Crippen LogP contribution is -2.21. The van der Waals surface area contributed by atoms with Gasteiger partial charge in [-0.1, -0.05) is 12.1 Å². The summed E-state index contributed by atoms with van der Waals surface area (Å²) in [7, 11) is 1.68. The maximum Gasteiger partial charge on any atom is 0.250 e. The highest BCUT2D eigenvalue weighted by atomic mass is 16.5. The first-order chi connectivity index (χ1) is 11.9. The van der Waals surface area contributed by atoms with Crippen LogP contribution in [0.2, 0.25) is 0 Å². The third-order valence-corrected chi connectivity index (χ3v) is 4.70. The van der Waals surface area contributed by atoms with Crippen LogP contribution < -0.4 is 10.6 Å². The van der Waals surface area contributed by atoms with Gasteiger partial charge in [0.05, 0.1) is 18.2 Å². The predicted molar refractivity (Wildman–Crippen MR) is 103 cm³/mol. The molecule has 0 bridgehead atoms. The Hall–Kier alpha value is -2.27. The van der Waals surface area contributed by atoms with Crippen molar-refractivity contribution in [2.45, 2.75) is 33.7 Å². The summed E-state index contributed by atoms with van der Waals surface area (Å²) < 4.78 is 7.44. The summed E-state index contributed by atoms with van der Waals surface area (Å²) in [4.78, 5) is 14.1. The number of aromatic nitrogens is 1. The number of amides is 1. The SMILES string of the molecule is CCN(CC)c1ccc(-c2cc(C(N)=O)c(C)n2C(C)COC)cc1. The molecule has 136 valence electrons. The molecule has 0 aliphatic rings. The number of carbonyl (C=O) groups excluding carboxylic acids is 1. The van der Waals surface area contributed by atoms with Gasteiger partial charge in [-0.15, -0.1) is 0 Å². The van der Waals surface area contributed by atoms with E-state index in [-0.39, 0.29) is 6.04 Å². The van der Waals surface area contributed by atoms with Crippen LogP contribution in [0.4, 0.5) is 5.69 Å². The second-order valence-corrected chi connectivity index (χ2v) is 6.29. The maximum absolute atomic E-state index is 11.8. The van der Waals surface area contributed by atoms with E-state index < -0.39 is 5.91 Å². The van der Waals surface area contributed by atoms with Gasteiger partial charge in [-0.2, -0.15) is 0 Å². The van der Waals surface area contributed by atoms with Gasteiger partial charge in [-0.05, 0) is 51.5 Å². The summed E-state index contributed by atoms with van der Waals surface area (Å²) in [6.45, 7) is 10.8. The molecule has 2 aromatic rings. The summed E-state index contributed by atoms with van der Waals surface area (Å²) in [5.74, 6) is -0.401. The largest absolute Gasteiger partial charge is 0.383 e. The van der Waals surface area contributed by atoms with Crippen LogP contribution >= 0.6 is 0 Å². The van der Waals surface area contributed by atoms with Gasteiger partial charge in [0.2, 0.25) is 0 Å². The van der Waals surface area contributed by atoms with Gasteiger partial charge >= 0.3 is 0 Å². The Morgan fingerprint density at radius 2 is 1.84 bits per heavy atom. The normalized spacial score (nSPS) is 12.2. The zero-order valence-corrected chi connectivity index (χ0v) is 15.9. The number of benzene rings is 1. The molecule has 25 heavy (non-hydrogen) atoms.